The largest absolute Gasteiger partial charge is 0.508 e. The van der Waals surface area contributed by atoms with Crippen LogP contribution < -0.4 is 5.90 Å². The van der Waals surface area contributed by atoms with E-state index in [9.17, 15) is 0 Å². The Morgan fingerprint density at radius 2 is 2.07 bits per heavy atom. The molecule has 0 aliphatic rings. The van der Waals surface area contributed by atoms with E-state index < -0.39 is 0 Å². The first-order valence-corrected chi connectivity index (χ1v) is 4.32. The molecular formula is C9H10N4O2. The summed E-state index contributed by atoms with van der Waals surface area (Å²) in [6.07, 6.45) is 1.57. The van der Waals surface area contributed by atoms with E-state index >= 15 is 0 Å². The Balaban J connectivity index is 2.36. The molecule has 78 valence electrons. The van der Waals surface area contributed by atoms with Crippen molar-refractivity contribution in [3.63, 3.8) is 0 Å². The van der Waals surface area contributed by atoms with E-state index in [0.717, 1.165) is 11.4 Å². The predicted molar refractivity (Wildman–Crippen MR) is 52.0 cm³/mol. The second kappa shape index (κ2) is 4.07. The van der Waals surface area contributed by atoms with Gasteiger partial charge in [-0.3, -0.25) is 4.84 Å². The molecule has 0 saturated carbocycles. The van der Waals surface area contributed by atoms with Crippen LogP contribution in [0.4, 0.5) is 0 Å². The predicted octanol–water partition coefficient (Wildman–Crippen LogP) is 0.363. The van der Waals surface area contributed by atoms with Crippen molar-refractivity contribution in [2.75, 3.05) is 0 Å². The Labute approximate surface area is 85.9 Å². The van der Waals surface area contributed by atoms with Crippen LogP contribution in [0.5, 0.6) is 5.75 Å². The van der Waals surface area contributed by atoms with Gasteiger partial charge in [0, 0.05) is 0 Å². The molecule has 1 aromatic heterocycles. The molecule has 0 spiro atoms. The lowest BCUT2D eigenvalue weighted by molar-refractivity contribution is 0.119. The highest BCUT2D eigenvalue weighted by atomic mass is 16.6. The zero-order valence-electron chi connectivity index (χ0n) is 7.87. The minimum atomic E-state index is 0.204. The Morgan fingerprint density at radius 3 is 2.73 bits per heavy atom. The molecule has 0 amide bonds. The molecule has 0 aliphatic heterocycles. The minimum Gasteiger partial charge on any atom is -0.508 e. The fourth-order valence-electron chi connectivity index (χ4n) is 1.25. The van der Waals surface area contributed by atoms with E-state index in [1.807, 2.05) is 0 Å². The van der Waals surface area contributed by atoms with Crippen LogP contribution in [-0.2, 0) is 11.4 Å². The number of phenols is 1. The second-order valence-corrected chi connectivity index (χ2v) is 2.96. The average Bonchev–Trinajstić information content (AvgIpc) is 2.68. The molecule has 2 rings (SSSR count). The van der Waals surface area contributed by atoms with Gasteiger partial charge in [0.1, 0.15) is 12.4 Å². The second-order valence-electron chi connectivity index (χ2n) is 2.96. The van der Waals surface area contributed by atoms with Gasteiger partial charge >= 0.3 is 0 Å². The summed E-state index contributed by atoms with van der Waals surface area (Å²) in [7, 11) is 0. The van der Waals surface area contributed by atoms with E-state index in [1.165, 1.54) is 0 Å². The smallest absolute Gasteiger partial charge is 0.115 e. The highest BCUT2D eigenvalue weighted by Gasteiger charge is 2.05. The van der Waals surface area contributed by atoms with E-state index in [0.29, 0.717) is 0 Å². The van der Waals surface area contributed by atoms with Gasteiger partial charge in [-0.1, -0.05) is 5.21 Å². The lowest BCUT2D eigenvalue weighted by Gasteiger charge is -2.04. The van der Waals surface area contributed by atoms with Gasteiger partial charge in [-0.2, -0.15) is 0 Å². The molecule has 0 atom stereocenters. The number of aromatic hydroxyl groups is 1. The quantitative estimate of drug-likeness (QED) is 0.708. The van der Waals surface area contributed by atoms with Crippen LogP contribution in [0.25, 0.3) is 5.69 Å². The van der Waals surface area contributed by atoms with Gasteiger partial charge in [-0.15, -0.1) is 5.10 Å². The molecule has 0 fully saturated rings. The normalized spacial score (nSPS) is 10.5. The average molecular weight is 206 g/mol. The molecule has 1 heterocycles. The molecule has 2 aromatic rings. The van der Waals surface area contributed by atoms with Gasteiger partial charge < -0.3 is 5.11 Å². The third kappa shape index (κ3) is 1.95. The Morgan fingerprint density at radius 1 is 1.33 bits per heavy atom. The van der Waals surface area contributed by atoms with Crippen LogP contribution in [0.15, 0.2) is 30.5 Å². The lowest BCUT2D eigenvalue weighted by Crippen LogP contribution is -2.06. The molecule has 15 heavy (non-hydrogen) atoms. The van der Waals surface area contributed by atoms with Crippen LogP contribution in [0.2, 0.25) is 0 Å². The Kier molecular flexibility index (Phi) is 2.61. The first-order valence-electron chi connectivity index (χ1n) is 4.32. The zero-order valence-corrected chi connectivity index (χ0v) is 7.87. The maximum atomic E-state index is 9.14. The first kappa shape index (κ1) is 9.63. The number of benzene rings is 1. The van der Waals surface area contributed by atoms with Crippen molar-refractivity contribution in [1.82, 2.24) is 15.0 Å². The van der Waals surface area contributed by atoms with Crippen molar-refractivity contribution in [2.24, 2.45) is 5.90 Å². The first-order chi connectivity index (χ1) is 7.31. The highest BCUT2D eigenvalue weighted by Crippen LogP contribution is 2.14. The molecule has 0 unspecified atom stereocenters. The summed E-state index contributed by atoms with van der Waals surface area (Å²) in [6, 6.07) is 6.60. The van der Waals surface area contributed by atoms with Crippen LogP contribution in [0.1, 0.15) is 5.69 Å². The topological polar surface area (TPSA) is 86.2 Å². The zero-order chi connectivity index (χ0) is 10.7. The van der Waals surface area contributed by atoms with Crippen LogP contribution in [-0.4, -0.2) is 20.1 Å². The van der Waals surface area contributed by atoms with Crippen molar-refractivity contribution >= 4 is 0 Å². The van der Waals surface area contributed by atoms with Gasteiger partial charge in [0.25, 0.3) is 0 Å². The fraction of sp³-hybridized carbons (Fsp3) is 0.111. The molecule has 0 radical (unpaired) electrons. The van der Waals surface area contributed by atoms with Crippen molar-refractivity contribution in [3.05, 3.63) is 36.2 Å². The summed E-state index contributed by atoms with van der Waals surface area (Å²) < 4.78 is 1.59. The maximum absolute atomic E-state index is 9.14. The Hall–Kier alpha value is -1.92. The third-order valence-corrected chi connectivity index (χ3v) is 1.95. The molecule has 3 N–H and O–H groups in total. The maximum Gasteiger partial charge on any atom is 0.115 e. The SMILES string of the molecule is NOCc1cnnn1-c1ccc(O)cc1. The number of hydrogen-bond acceptors (Lipinski definition) is 5. The van der Waals surface area contributed by atoms with Crippen LogP contribution in [0, 0.1) is 0 Å². The molecule has 6 heteroatoms. The number of aromatic nitrogens is 3. The summed E-state index contributed by atoms with van der Waals surface area (Å²) in [5, 5.41) is 16.8. The standard InChI is InChI=1S/C9H10N4O2/c10-15-6-8-5-11-12-13(8)7-1-3-9(14)4-2-7/h1-5,14H,6,10H2. The number of hydrogen-bond donors (Lipinski definition) is 2. The number of nitrogens with two attached hydrogens (primary N) is 1. The van der Waals surface area contributed by atoms with Crippen molar-refractivity contribution in [3.8, 4) is 11.4 Å². The summed E-state index contributed by atoms with van der Waals surface area (Å²) in [5.74, 6) is 5.19. The van der Waals surface area contributed by atoms with Crippen molar-refractivity contribution < 1.29 is 9.94 Å². The summed E-state index contributed by atoms with van der Waals surface area (Å²) in [4.78, 5) is 4.52. The van der Waals surface area contributed by atoms with E-state index in [4.69, 9.17) is 11.0 Å². The number of nitrogens with zero attached hydrogens (tertiary/aromatic N) is 3. The van der Waals surface area contributed by atoms with Gasteiger partial charge in [0.15, 0.2) is 0 Å². The lowest BCUT2D eigenvalue weighted by atomic mass is 10.3. The molecular weight excluding hydrogens is 196 g/mol. The molecule has 1 aromatic carbocycles. The van der Waals surface area contributed by atoms with Crippen LogP contribution in [0.3, 0.4) is 0 Å². The van der Waals surface area contributed by atoms with Gasteiger partial charge in [0.05, 0.1) is 17.6 Å². The highest BCUT2D eigenvalue weighted by molar-refractivity contribution is 5.36. The van der Waals surface area contributed by atoms with Crippen molar-refractivity contribution in [2.45, 2.75) is 6.61 Å². The summed E-state index contributed by atoms with van der Waals surface area (Å²) in [6.45, 7) is 0.230. The molecule has 0 aliphatic carbocycles. The van der Waals surface area contributed by atoms with Crippen LogP contribution >= 0.6 is 0 Å². The summed E-state index contributed by atoms with van der Waals surface area (Å²) >= 11 is 0. The monoisotopic (exact) mass is 206 g/mol. The third-order valence-electron chi connectivity index (χ3n) is 1.95. The Bertz CT molecular complexity index is 438. The van der Waals surface area contributed by atoms with E-state index in [-0.39, 0.29) is 12.4 Å². The molecule has 0 bridgehead atoms. The van der Waals surface area contributed by atoms with Gasteiger partial charge in [0.2, 0.25) is 0 Å². The van der Waals surface area contributed by atoms with E-state index in [1.54, 1.807) is 35.1 Å². The minimum absolute atomic E-state index is 0.204. The molecule has 6 nitrogen and oxygen atoms in total. The summed E-state index contributed by atoms with van der Waals surface area (Å²) in [5.41, 5.74) is 1.53. The fourth-order valence-corrected chi connectivity index (χ4v) is 1.25. The molecule has 0 saturated heterocycles. The van der Waals surface area contributed by atoms with Gasteiger partial charge in [-0.05, 0) is 24.3 Å². The van der Waals surface area contributed by atoms with Gasteiger partial charge in [-0.25, -0.2) is 10.6 Å². The number of rotatable bonds is 3. The number of phenolic OH excluding ortho intramolecular Hbond substituents is 1. The van der Waals surface area contributed by atoms with E-state index in [2.05, 4.69) is 15.1 Å². The van der Waals surface area contributed by atoms with Crippen molar-refractivity contribution in [1.29, 1.82) is 0 Å².